The molecule has 1 aliphatic heterocycles. The van der Waals surface area contributed by atoms with Crippen molar-refractivity contribution in [3.05, 3.63) is 0 Å². The van der Waals surface area contributed by atoms with Gasteiger partial charge in [0.1, 0.15) is 5.78 Å². The van der Waals surface area contributed by atoms with Crippen LogP contribution < -0.4 is 0 Å². The van der Waals surface area contributed by atoms with Gasteiger partial charge in [0.25, 0.3) is 0 Å². The molecule has 0 aromatic carbocycles. The first-order valence-corrected chi connectivity index (χ1v) is 5.07. The molecule has 12 heavy (non-hydrogen) atoms. The Kier molecular flexibility index (Phi) is 7.06. The summed E-state index contributed by atoms with van der Waals surface area (Å²) in [5.74, 6) is 0.377. The van der Waals surface area contributed by atoms with Crippen LogP contribution in [0.2, 0.25) is 0 Å². The zero-order chi connectivity index (χ0) is 9.40. The maximum Gasteiger partial charge on any atom is 0.146 e. The van der Waals surface area contributed by atoms with Crippen molar-refractivity contribution in [2.75, 3.05) is 19.6 Å². The number of carbonyl (C=O) groups excluding carboxylic acids is 1. The lowest BCUT2D eigenvalue weighted by molar-refractivity contribution is -0.119. The van der Waals surface area contributed by atoms with Gasteiger partial charge in [-0.3, -0.25) is 9.69 Å². The molecule has 1 aliphatic rings. The van der Waals surface area contributed by atoms with Gasteiger partial charge in [-0.2, -0.15) is 0 Å². The fourth-order valence-corrected chi connectivity index (χ4v) is 1.30. The third-order valence-electron chi connectivity index (χ3n) is 1.99. The van der Waals surface area contributed by atoms with E-state index in [1.807, 2.05) is 20.8 Å². The predicted molar refractivity (Wildman–Crippen MR) is 52.3 cm³/mol. The highest BCUT2D eigenvalue weighted by Crippen LogP contribution is 2.06. The lowest BCUT2D eigenvalue weighted by Crippen LogP contribution is -2.26. The summed E-state index contributed by atoms with van der Waals surface area (Å²) >= 11 is 0. The number of carbonyl (C=O) groups is 1. The summed E-state index contributed by atoms with van der Waals surface area (Å²) in [4.78, 5) is 13.2. The lowest BCUT2D eigenvalue weighted by Gasteiger charge is -2.11. The molecule has 0 unspecified atom stereocenters. The van der Waals surface area contributed by atoms with E-state index in [1.165, 1.54) is 12.8 Å². The van der Waals surface area contributed by atoms with Crippen LogP contribution in [-0.4, -0.2) is 30.3 Å². The Morgan fingerprint density at radius 3 is 2.17 bits per heavy atom. The third-order valence-corrected chi connectivity index (χ3v) is 1.99. The summed E-state index contributed by atoms with van der Waals surface area (Å²) < 4.78 is 0. The maximum absolute atomic E-state index is 10.9. The van der Waals surface area contributed by atoms with Crippen molar-refractivity contribution in [1.29, 1.82) is 0 Å². The highest BCUT2D eigenvalue weighted by molar-refractivity contribution is 5.80. The Labute approximate surface area is 75.9 Å². The molecule has 0 radical (unpaired) electrons. The van der Waals surface area contributed by atoms with Gasteiger partial charge in [-0.05, 0) is 25.9 Å². The maximum atomic E-state index is 10.9. The summed E-state index contributed by atoms with van der Waals surface area (Å²) in [6, 6.07) is 0. The molecule has 1 heterocycles. The fourth-order valence-electron chi connectivity index (χ4n) is 1.30. The minimum absolute atomic E-state index is 0.377. The van der Waals surface area contributed by atoms with E-state index in [-0.39, 0.29) is 0 Å². The molecule has 1 saturated heterocycles. The standard InChI is InChI=1S/C8H15NO.C2H6/c1-2-8(10)7-9-5-3-4-6-9;1-2/h2-7H2,1H3;1-2H3. The van der Waals surface area contributed by atoms with E-state index >= 15 is 0 Å². The van der Waals surface area contributed by atoms with Crippen molar-refractivity contribution in [3.8, 4) is 0 Å². The number of hydrogen-bond donors (Lipinski definition) is 0. The monoisotopic (exact) mass is 171 g/mol. The summed E-state index contributed by atoms with van der Waals surface area (Å²) in [6.45, 7) is 8.88. The van der Waals surface area contributed by atoms with Gasteiger partial charge in [-0.25, -0.2) is 0 Å². The van der Waals surface area contributed by atoms with Gasteiger partial charge in [0.15, 0.2) is 0 Å². The van der Waals surface area contributed by atoms with E-state index in [2.05, 4.69) is 4.90 Å². The molecule has 0 N–H and O–H groups in total. The first kappa shape index (κ1) is 11.6. The predicted octanol–water partition coefficient (Wildman–Crippen LogP) is 2.09. The van der Waals surface area contributed by atoms with Crippen LogP contribution in [0, 0.1) is 0 Å². The topological polar surface area (TPSA) is 20.3 Å². The number of nitrogens with zero attached hydrogens (tertiary/aromatic N) is 1. The molecule has 2 nitrogen and oxygen atoms in total. The Bertz CT molecular complexity index is 117. The van der Waals surface area contributed by atoms with Gasteiger partial charge in [0.2, 0.25) is 0 Å². The zero-order valence-corrected chi connectivity index (χ0v) is 8.60. The van der Waals surface area contributed by atoms with Crippen LogP contribution in [0.15, 0.2) is 0 Å². The number of Topliss-reactive ketones (excluding diaryl/α,β-unsaturated/α-hetero) is 1. The summed E-state index contributed by atoms with van der Waals surface area (Å²) in [7, 11) is 0. The van der Waals surface area contributed by atoms with E-state index in [4.69, 9.17) is 0 Å². The van der Waals surface area contributed by atoms with E-state index in [1.54, 1.807) is 0 Å². The zero-order valence-electron chi connectivity index (χ0n) is 8.60. The molecule has 0 spiro atoms. The average molecular weight is 171 g/mol. The molecule has 1 fully saturated rings. The first-order chi connectivity index (χ1) is 5.83. The van der Waals surface area contributed by atoms with Crippen LogP contribution in [-0.2, 0) is 4.79 Å². The van der Waals surface area contributed by atoms with Gasteiger partial charge in [0, 0.05) is 6.42 Å². The van der Waals surface area contributed by atoms with Gasteiger partial charge >= 0.3 is 0 Å². The molecular weight excluding hydrogens is 150 g/mol. The molecule has 0 saturated carbocycles. The minimum atomic E-state index is 0.377. The lowest BCUT2D eigenvalue weighted by atomic mass is 10.3. The van der Waals surface area contributed by atoms with E-state index in [0.29, 0.717) is 18.7 Å². The van der Waals surface area contributed by atoms with Gasteiger partial charge in [-0.1, -0.05) is 20.8 Å². The van der Waals surface area contributed by atoms with E-state index < -0.39 is 0 Å². The second-order valence-electron chi connectivity index (χ2n) is 2.88. The normalized spacial score (nSPS) is 16.9. The Morgan fingerprint density at radius 1 is 1.25 bits per heavy atom. The number of rotatable bonds is 3. The largest absolute Gasteiger partial charge is 0.298 e. The van der Waals surface area contributed by atoms with Crippen molar-refractivity contribution in [2.24, 2.45) is 0 Å². The molecule has 72 valence electrons. The quantitative estimate of drug-likeness (QED) is 0.648. The van der Waals surface area contributed by atoms with Crippen LogP contribution in [0.1, 0.15) is 40.0 Å². The van der Waals surface area contributed by atoms with Crippen LogP contribution in [0.3, 0.4) is 0 Å². The van der Waals surface area contributed by atoms with Crippen LogP contribution in [0.4, 0.5) is 0 Å². The second-order valence-corrected chi connectivity index (χ2v) is 2.88. The SMILES string of the molecule is CC.CCC(=O)CN1CCCC1. The molecule has 0 amide bonds. The molecule has 0 bridgehead atoms. The van der Waals surface area contributed by atoms with Crippen LogP contribution >= 0.6 is 0 Å². The molecule has 0 aromatic heterocycles. The van der Waals surface area contributed by atoms with Crippen LogP contribution in [0.25, 0.3) is 0 Å². The molecule has 2 heteroatoms. The number of ketones is 1. The van der Waals surface area contributed by atoms with Crippen molar-refractivity contribution < 1.29 is 4.79 Å². The summed E-state index contributed by atoms with van der Waals surface area (Å²) in [6.07, 6.45) is 3.24. The Hall–Kier alpha value is -0.370. The Balaban J connectivity index is 0.000000561. The van der Waals surface area contributed by atoms with E-state index in [9.17, 15) is 4.79 Å². The van der Waals surface area contributed by atoms with Crippen molar-refractivity contribution in [3.63, 3.8) is 0 Å². The molecular formula is C10H21NO. The summed E-state index contributed by atoms with van der Waals surface area (Å²) in [5.41, 5.74) is 0. The van der Waals surface area contributed by atoms with Crippen molar-refractivity contribution in [2.45, 2.75) is 40.0 Å². The van der Waals surface area contributed by atoms with E-state index in [0.717, 1.165) is 13.1 Å². The third kappa shape index (κ3) is 4.50. The molecule has 0 aliphatic carbocycles. The van der Waals surface area contributed by atoms with Gasteiger partial charge in [-0.15, -0.1) is 0 Å². The number of hydrogen-bond acceptors (Lipinski definition) is 2. The van der Waals surface area contributed by atoms with Crippen LogP contribution in [0.5, 0.6) is 0 Å². The summed E-state index contributed by atoms with van der Waals surface area (Å²) in [5, 5.41) is 0. The second kappa shape index (κ2) is 7.29. The molecule has 0 aromatic rings. The van der Waals surface area contributed by atoms with Crippen molar-refractivity contribution >= 4 is 5.78 Å². The number of likely N-dealkylation sites (tertiary alicyclic amines) is 1. The average Bonchev–Trinajstić information content (AvgIpc) is 2.60. The first-order valence-electron chi connectivity index (χ1n) is 5.07. The highest BCUT2D eigenvalue weighted by atomic mass is 16.1. The minimum Gasteiger partial charge on any atom is -0.298 e. The fraction of sp³-hybridized carbons (Fsp3) is 0.900. The Morgan fingerprint density at radius 2 is 1.75 bits per heavy atom. The van der Waals surface area contributed by atoms with Gasteiger partial charge < -0.3 is 0 Å². The molecule has 0 atom stereocenters. The highest BCUT2D eigenvalue weighted by Gasteiger charge is 2.13. The smallest absolute Gasteiger partial charge is 0.146 e. The van der Waals surface area contributed by atoms with Crippen molar-refractivity contribution in [1.82, 2.24) is 4.90 Å². The molecule has 1 rings (SSSR count). The van der Waals surface area contributed by atoms with Gasteiger partial charge in [0.05, 0.1) is 6.54 Å².